The maximum atomic E-state index is 12.5. The lowest BCUT2D eigenvalue weighted by atomic mass is 10.0. The fourth-order valence-electron chi connectivity index (χ4n) is 2.49. The van der Waals surface area contributed by atoms with Gasteiger partial charge in [0, 0.05) is 11.1 Å². The zero-order chi connectivity index (χ0) is 17.8. The van der Waals surface area contributed by atoms with Crippen molar-refractivity contribution in [3.63, 3.8) is 0 Å². The number of nitrogens with one attached hydrogen (secondary N) is 1. The van der Waals surface area contributed by atoms with Gasteiger partial charge in [0.1, 0.15) is 5.75 Å². The topological polar surface area (TPSA) is 77.2 Å². The first-order chi connectivity index (χ1) is 12.1. The standard InChI is InChI=1S/C19H19N3O3/c1-4-24-15-9-7-14(8-10-15)19(23)20-18-17(21-25-22-18)16-11-12(2)5-6-13(16)3/h5-11H,4H2,1-3H3,(H,20,22,23). The number of ether oxygens (including phenoxy) is 1. The van der Waals surface area contributed by atoms with Crippen LogP contribution < -0.4 is 10.1 Å². The van der Waals surface area contributed by atoms with Crippen molar-refractivity contribution >= 4 is 11.7 Å². The third-order valence-corrected chi connectivity index (χ3v) is 3.80. The summed E-state index contributed by atoms with van der Waals surface area (Å²) in [5, 5.41) is 10.5. The molecule has 0 saturated carbocycles. The second kappa shape index (κ2) is 7.17. The SMILES string of the molecule is CCOc1ccc(C(=O)Nc2nonc2-c2cc(C)ccc2C)cc1. The van der Waals surface area contributed by atoms with Gasteiger partial charge in [-0.15, -0.1) is 0 Å². The van der Waals surface area contributed by atoms with Gasteiger partial charge in [-0.3, -0.25) is 4.79 Å². The lowest BCUT2D eigenvalue weighted by molar-refractivity contribution is 0.102. The maximum Gasteiger partial charge on any atom is 0.256 e. The molecule has 1 N–H and O–H groups in total. The summed E-state index contributed by atoms with van der Waals surface area (Å²) >= 11 is 0. The number of anilines is 1. The van der Waals surface area contributed by atoms with Gasteiger partial charge >= 0.3 is 0 Å². The predicted molar refractivity (Wildman–Crippen MR) is 94.8 cm³/mol. The Bertz CT molecular complexity index is 885. The summed E-state index contributed by atoms with van der Waals surface area (Å²) in [6, 6.07) is 12.9. The Morgan fingerprint density at radius 3 is 2.60 bits per heavy atom. The summed E-state index contributed by atoms with van der Waals surface area (Å²) in [5.41, 5.74) is 4.01. The van der Waals surface area contributed by atoms with Gasteiger partial charge in [0.2, 0.25) is 5.82 Å². The van der Waals surface area contributed by atoms with Crippen LogP contribution in [0.3, 0.4) is 0 Å². The van der Waals surface area contributed by atoms with Crippen LogP contribution in [-0.4, -0.2) is 22.8 Å². The quantitative estimate of drug-likeness (QED) is 0.761. The zero-order valence-corrected chi connectivity index (χ0v) is 14.4. The van der Waals surface area contributed by atoms with Crippen LogP contribution in [0.4, 0.5) is 5.82 Å². The van der Waals surface area contributed by atoms with E-state index in [9.17, 15) is 4.79 Å². The number of carbonyl (C=O) groups is 1. The van der Waals surface area contributed by atoms with E-state index >= 15 is 0 Å². The first-order valence-electron chi connectivity index (χ1n) is 8.03. The lowest BCUT2D eigenvalue weighted by Gasteiger charge is -2.07. The molecule has 1 heterocycles. The molecule has 0 radical (unpaired) electrons. The van der Waals surface area contributed by atoms with Gasteiger partial charge in [-0.25, -0.2) is 4.63 Å². The van der Waals surface area contributed by atoms with Crippen molar-refractivity contribution in [2.45, 2.75) is 20.8 Å². The minimum Gasteiger partial charge on any atom is -0.494 e. The number of benzene rings is 2. The van der Waals surface area contributed by atoms with Crippen molar-refractivity contribution in [3.05, 3.63) is 59.2 Å². The molecule has 0 atom stereocenters. The maximum absolute atomic E-state index is 12.5. The molecule has 1 aromatic heterocycles. The van der Waals surface area contributed by atoms with E-state index in [1.54, 1.807) is 24.3 Å². The van der Waals surface area contributed by atoms with Crippen molar-refractivity contribution in [2.75, 3.05) is 11.9 Å². The van der Waals surface area contributed by atoms with Crippen molar-refractivity contribution in [1.82, 2.24) is 10.3 Å². The molecule has 0 saturated heterocycles. The Hall–Kier alpha value is -3.15. The van der Waals surface area contributed by atoms with Crippen LogP contribution in [0.2, 0.25) is 0 Å². The first-order valence-corrected chi connectivity index (χ1v) is 8.03. The van der Waals surface area contributed by atoms with Gasteiger partial charge in [-0.1, -0.05) is 17.7 Å². The highest BCUT2D eigenvalue weighted by Gasteiger charge is 2.17. The molecule has 0 bridgehead atoms. The highest BCUT2D eigenvalue weighted by Crippen LogP contribution is 2.28. The number of rotatable bonds is 5. The van der Waals surface area contributed by atoms with Crippen LogP contribution in [0.5, 0.6) is 5.75 Å². The molecule has 0 aliphatic rings. The molecular formula is C19H19N3O3. The van der Waals surface area contributed by atoms with Crippen LogP contribution in [0.1, 0.15) is 28.4 Å². The van der Waals surface area contributed by atoms with Crippen molar-refractivity contribution in [1.29, 1.82) is 0 Å². The number of nitrogens with zero attached hydrogens (tertiary/aromatic N) is 2. The predicted octanol–water partition coefficient (Wildman–Crippen LogP) is 4.00. The molecule has 0 aliphatic heterocycles. The zero-order valence-electron chi connectivity index (χ0n) is 14.4. The van der Waals surface area contributed by atoms with E-state index in [0.717, 1.165) is 22.4 Å². The first kappa shape index (κ1) is 16.7. The Morgan fingerprint density at radius 2 is 1.88 bits per heavy atom. The number of amides is 1. The van der Waals surface area contributed by atoms with Gasteiger partial charge < -0.3 is 10.1 Å². The van der Waals surface area contributed by atoms with Crippen molar-refractivity contribution in [3.8, 4) is 17.0 Å². The third-order valence-electron chi connectivity index (χ3n) is 3.80. The molecule has 3 rings (SSSR count). The molecule has 0 spiro atoms. The molecule has 0 fully saturated rings. The Labute approximate surface area is 145 Å². The van der Waals surface area contributed by atoms with Gasteiger partial charge in [0.05, 0.1) is 6.61 Å². The minimum atomic E-state index is -0.287. The molecular weight excluding hydrogens is 318 g/mol. The summed E-state index contributed by atoms with van der Waals surface area (Å²) in [4.78, 5) is 12.5. The summed E-state index contributed by atoms with van der Waals surface area (Å²) in [5.74, 6) is 0.733. The van der Waals surface area contributed by atoms with Crippen molar-refractivity contribution in [2.24, 2.45) is 0 Å². The van der Waals surface area contributed by atoms with Crippen LogP contribution in [0.25, 0.3) is 11.3 Å². The van der Waals surface area contributed by atoms with E-state index in [2.05, 4.69) is 15.6 Å². The highest BCUT2D eigenvalue weighted by atomic mass is 16.6. The van der Waals surface area contributed by atoms with Crippen molar-refractivity contribution < 1.29 is 14.2 Å². The van der Waals surface area contributed by atoms with Crippen LogP contribution in [0, 0.1) is 13.8 Å². The number of carbonyl (C=O) groups excluding carboxylic acids is 1. The molecule has 2 aromatic carbocycles. The Kier molecular flexibility index (Phi) is 4.79. The monoisotopic (exact) mass is 337 g/mol. The molecule has 0 aliphatic carbocycles. The summed E-state index contributed by atoms with van der Waals surface area (Å²) in [6.07, 6.45) is 0. The smallest absolute Gasteiger partial charge is 0.256 e. The fourth-order valence-corrected chi connectivity index (χ4v) is 2.49. The second-order valence-electron chi connectivity index (χ2n) is 5.69. The molecule has 6 nitrogen and oxygen atoms in total. The van der Waals surface area contributed by atoms with Gasteiger partial charge in [-0.05, 0) is 67.0 Å². The molecule has 1 amide bonds. The molecule has 25 heavy (non-hydrogen) atoms. The lowest BCUT2D eigenvalue weighted by Crippen LogP contribution is -2.13. The van der Waals surface area contributed by atoms with E-state index in [0.29, 0.717) is 23.7 Å². The Balaban J connectivity index is 1.83. The number of aryl methyl sites for hydroxylation is 2. The molecule has 0 unspecified atom stereocenters. The minimum absolute atomic E-state index is 0.287. The van der Waals surface area contributed by atoms with E-state index in [-0.39, 0.29) is 5.91 Å². The average Bonchev–Trinajstić information content (AvgIpc) is 3.06. The average molecular weight is 337 g/mol. The number of hydrogen-bond donors (Lipinski definition) is 1. The second-order valence-corrected chi connectivity index (χ2v) is 5.69. The van der Waals surface area contributed by atoms with Gasteiger partial charge in [-0.2, -0.15) is 0 Å². The van der Waals surface area contributed by atoms with E-state index in [1.807, 2.05) is 39.0 Å². The summed E-state index contributed by atoms with van der Waals surface area (Å²) < 4.78 is 10.2. The van der Waals surface area contributed by atoms with Crippen LogP contribution in [0.15, 0.2) is 47.1 Å². The van der Waals surface area contributed by atoms with E-state index in [1.165, 1.54) is 0 Å². The Morgan fingerprint density at radius 1 is 1.12 bits per heavy atom. The molecule has 6 heteroatoms. The van der Waals surface area contributed by atoms with Crippen LogP contribution in [-0.2, 0) is 0 Å². The third kappa shape index (κ3) is 3.68. The van der Waals surface area contributed by atoms with E-state index < -0.39 is 0 Å². The molecule has 128 valence electrons. The number of hydrogen-bond acceptors (Lipinski definition) is 5. The summed E-state index contributed by atoms with van der Waals surface area (Å²) in [6.45, 7) is 6.46. The summed E-state index contributed by atoms with van der Waals surface area (Å²) in [7, 11) is 0. The number of aromatic nitrogens is 2. The van der Waals surface area contributed by atoms with Gasteiger partial charge in [0.25, 0.3) is 5.91 Å². The van der Waals surface area contributed by atoms with Crippen LogP contribution >= 0.6 is 0 Å². The van der Waals surface area contributed by atoms with E-state index in [4.69, 9.17) is 9.37 Å². The normalized spacial score (nSPS) is 10.5. The molecule has 3 aromatic rings. The fraction of sp³-hybridized carbons (Fsp3) is 0.211. The highest BCUT2D eigenvalue weighted by molar-refractivity contribution is 6.05. The largest absolute Gasteiger partial charge is 0.494 e. The van der Waals surface area contributed by atoms with Gasteiger partial charge in [0.15, 0.2) is 5.69 Å².